The molecule has 4 rings (SSSR count). The van der Waals surface area contributed by atoms with E-state index in [2.05, 4.69) is 26.8 Å². The number of rotatable bonds is 3. The molecule has 126 valence electrons. The zero-order valence-electron chi connectivity index (χ0n) is 13.9. The maximum atomic E-state index is 6.35. The van der Waals surface area contributed by atoms with E-state index in [4.69, 9.17) is 23.2 Å². The molecule has 0 aliphatic rings. The maximum absolute atomic E-state index is 6.35. The summed E-state index contributed by atoms with van der Waals surface area (Å²) in [4.78, 5) is 4.67. The van der Waals surface area contributed by atoms with Crippen molar-refractivity contribution in [1.29, 1.82) is 0 Å². The smallest absolute Gasteiger partial charge is 0.107 e. The first-order valence-electron chi connectivity index (χ1n) is 7.92. The molecule has 0 bridgehead atoms. The molecular formula is C19H16Cl2N4. The predicted molar refractivity (Wildman–Crippen MR) is 102 cm³/mol. The second kappa shape index (κ2) is 6.21. The summed E-state index contributed by atoms with van der Waals surface area (Å²) >= 11 is 12.5. The molecule has 25 heavy (non-hydrogen) atoms. The third-order valence-corrected chi connectivity index (χ3v) is 5.00. The third kappa shape index (κ3) is 2.92. The summed E-state index contributed by atoms with van der Waals surface area (Å²) in [7, 11) is 1.94. The molecule has 0 saturated carbocycles. The lowest BCUT2D eigenvalue weighted by atomic mass is 10.1. The SMILES string of the molecule is Cc1nc2ccc(-c3ccnn3C)cc2n1Cc1cc(Cl)ccc1Cl. The molecule has 2 aromatic heterocycles. The molecule has 0 unspecified atom stereocenters. The standard InChI is InChI=1S/C19H16Cl2N4/c1-12-23-17-6-3-13(18-7-8-22-24(18)2)10-19(17)25(12)11-14-9-15(20)4-5-16(14)21/h3-10H,11H2,1-2H3. The molecule has 0 aliphatic carbocycles. The second-order valence-corrected chi connectivity index (χ2v) is 6.87. The van der Waals surface area contributed by atoms with Crippen LogP contribution in [0, 0.1) is 6.92 Å². The molecule has 0 aliphatic heterocycles. The Labute approximate surface area is 155 Å². The highest BCUT2D eigenvalue weighted by molar-refractivity contribution is 6.33. The number of hydrogen-bond acceptors (Lipinski definition) is 2. The summed E-state index contributed by atoms with van der Waals surface area (Å²) in [5.74, 6) is 0.938. The highest BCUT2D eigenvalue weighted by Crippen LogP contribution is 2.27. The summed E-state index contributed by atoms with van der Waals surface area (Å²) in [5.41, 5.74) is 5.16. The minimum atomic E-state index is 0.622. The van der Waals surface area contributed by atoms with Crippen LogP contribution in [0.3, 0.4) is 0 Å². The first kappa shape index (κ1) is 16.2. The van der Waals surface area contributed by atoms with Crippen LogP contribution in [-0.4, -0.2) is 19.3 Å². The summed E-state index contributed by atoms with van der Waals surface area (Å²) < 4.78 is 4.02. The Hall–Kier alpha value is -2.30. The van der Waals surface area contributed by atoms with Gasteiger partial charge in [0.05, 0.1) is 23.3 Å². The van der Waals surface area contributed by atoms with E-state index in [0.717, 1.165) is 33.7 Å². The number of aryl methyl sites for hydroxylation is 2. The van der Waals surface area contributed by atoms with Gasteiger partial charge in [-0.2, -0.15) is 5.10 Å². The molecule has 2 heterocycles. The number of hydrogen-bond donors (Lipinski definition) is 0. The number of fused-ring (bicyclic) bond motifs is 1. The summed E-state index contributed by atoms with van der Waals surface area (Å²) in [5, 5.41) is 5.63. The van der Waals surface area contributed by atoms with E-state index in [9.17, 15) is 0 Å². The number of benzene rings is 2. The van der Waals surface area contributed by atoms with Gasteiger partial charge >= 0.3 is 0 Å². The lowest BCUT2D eigenvalue weighted by Gasteiger charge is -2.10. The van der Waals surface area contributed by atoms with E-state index in [1.54, 1.807) is 12.3 Å². The quantitative estimate of drug-likeness (QED) is 0.502. The minimum Gasteiger partial charge on any atom is -0.324 e. The summed E-state index contributed by atoms with van der Waals surface area (Å²) in [6.45, 7) is 2.62. The van der Waals surface area contributed by atoms with Crippen LogP contribution in [0.1, 0.15) is 11.4 Å². The van der Waals surface area contributed by atoms with Gasteiger partial charge in [0.1, 0.15) is 5.82 Å². The zero-order valence-corrected chi connectivity index (χ0v) is 15.4. The molecule has 0 fully saturated rings. The molecule has 0 atom stereocenters. The van der Waals surface area contributed by atoms with Crippen LogP contribution in [0.15, 0.2) is 48.7 Å². The van der Waals surface area contributed by atoms with Crippen molar-refractivity contribution in [2.24, 2.45) is 7.05 Å². The molecule has 0 radical (unpaired) electrons. The van der Waals surface area contributed by atoms with Crippen molar-refractivity contribution in [2.45, 2.75) is 13.5 Å². The van der Waals surface area contributed by atoms with Crippen molar-refractivity contribution >= 4 is 34.2 Å². The fourth-order valence-electron chi connectivity index (χ4n) is 3.09. The molecule has 6 heteroatoms. The molecule has 4 nitrogen and oxygen atoms in total. The predicted octanol–water partition coefficient (Wildman–Crippen LogP) is 5.10. The van der Waals surface area contributed by atoms with Crippen LogP contribution < -0.4 is 0 Å². The molecule has 0 N–H and O–H groups in total. The molecule has 0 amide bonds. The van der Waals surface area contributed by atoms with Crippen LogP contribution in [0.2, 0.25) is 10.0 Å². The Morgan fingerprint density at radius 2 is 1.88 bits per heavy atom. The average molecular weight is 371 g/mol. The van der Waals surface area contributed by atoms with Crippen molar-refractivity contribution in [3.8, 4) is 11.3 Å². The number of imidazole rings is 1. The Balaban J connectivity index is 1.84. The Morgan fingerprint density at radius 3 is 2.64 bits per heavy atom. The van der Waals surface area contributed by atoms with Gasteiger partial charge in [-0.15, -0.1) is 0 Å². The van der Waals surface area contributed by atoms with Crippen LogP contribution in [0.25, 0.3) is 22.3 Å². The largest absolute Gasteiger partial charge is 0.324 e. The van der Waals surface area contributed by atoms with Crippen LogP contribution >= 0.6 is 23.2 Å². The van der Waals surface area contributed by atoms with Crippen molar-refractivity contribution in [3.63, 3.8) is 0 Å². The monoisotopic (exact) mass is 370 g/mol. The van der Waals surface area contributed by atoms with Gasteiger partial charge in [0.25, 0.3) is 0 Å². The lowest BCUT2D eigenvalue weighted by Crippen LogP contribution is -2.03. The van der Waals surface area contributed by atoms with Gasteiger partial charge in [0.15, 0.2) is 0 Å². The first-order chi connectivity index (χ1) is 12.0. The van der Waals surface area contributed by atoms with Crippen molar-refractivity contribution in [3.05, 3.63) is 70.1 Å². The van der Waals surface area contributed by atoms with Crippen LogP contribution in [0.4, 0.5) is 0 Å². The van der Waals surface area contributed by atoms with Gasteiger partial charge in [-0.3, -0.25) is 4.68 Å². The minimum absolute atomic E-state index is 0.622. The van der Waals surface area contributed by atoms with E-state index in [-0.39, 0.29) is 0 Å². The van der Waals surface area contributed by atoms with E-state index in [0.29, 0.717) is 16.6 Å². The van der Waals surface area contributed by atoms with Crippen molar-refractivity contribution < 1.29 is 0 Å². The zero-order chi connectivity index (χ0) is 17.6. The van der Waals surface area contributed by atoms with Crippen molar-refractivity contribution in [1.82, 2.24) is 19.3 Å². The van der Waals surface area contributed by atoms with E-state index < -0.39 is 0 Å². The van der Waals surface area contributed by atoms with Gasteiger partial charge in [0, 0.05) is 28.9 Å². The maximum Gasteiger partial charge on any atom is 0.107 e. The fourth-order valence-corrected chi connectivity index (χ4v) is 3.47. The number of aromatic nitrogens is 4. The Morgan fingerprint density at radius 1 is 1.04 bits per heavy atom. The number of halogens is 2. The highest BCUT2D eigenvalue weighted by atomic mass is 35.5. The Kier molecular flexibility index (Phi) is 4.02. The second-order valence-electron chi connectivity index (χ2n) is 6.02. The molecule has 2 aromatic carbocycles. The first-order valence-corrected chi connectivity index (χ1v) is 8.68. The van der Waals surface area contributed by atoms with Gasteiger partial charge in [-0.05, 0) is 48.9 Å². The van der Waals surface area contributed by atoms with Crippen molar-refractivity contribution in [2.75, 3.05) is 0 Å². The third-order valence-electron chi connectivity index (χ3n) is 4.39. The molecule has 0 saturated heterocycles. The Bertz CT molecular complexity index is 1080. The lowest BCUT2D eigenvalue weighted by molar-refractivity contribution is 0.775. The van der Waals surface area contributed by atoms with E-state index in [1.807, 2.05) is 42.9 Å². The molecular weight excluding hydrogens is 355 g/mol. The topological polar surface area (TPSA) is 35.6 Å². The van der Waals surface area contributed by atoms with E-state index in [1.165, 1.54) is 0 Å². The molecule has 4 aromatic rings. The molecule has 0 spiro atoms. The van der Waals surface area contributed by atoms with Crippen LogP contribution in [-0.2, 0) is 13.6 Å². The van der Waals surface area contributed by atoms with Gasteiger partial charge in [0.2, 0.25) is 0 Å². The average Bonchev–Trinajstić information content (AvgIpc) is 3.14. The number of nitrogens with zero attached hydrogens (tertiary/aromatic N) is 4. The highest BCUT2D eigenvalue weighted by Gasteiger charge is 2.12. The normalized spacial score (nSPS) is 11.4. The van der Waals surface area contributed by atoms with E-state index >= 15 is 0 Å². The van der Waals surface area contributed by atoms with Gasteiger partial charge < -0.3 is 4.57 Å². The summed E-state index contributed by atoms with van der Waals surface area (Å²) in [6, 6.07) is 13.8. The van der Waals surface area contributed by atoms with Crippen LogP contribution in [0.5, 0.6) is 0 Å². The van der Waals surface area contributed by atoms with Gasteiger partial charge in [-0.25, -0.2) is 4.98 Å². The fraction of sp³-hybridized carbons (Fsp3) is 0.158. The summed E-state index contributed by atoms with van der Waals surface area (Å²) in [6.07, 6.45) is 1.80. The van der Waals surface area contributed by atoms with Gasteiger partial charge in [-0.1, -0.05) is 29.3 Å².